The molecule has 1 saturated heterocycles. The Kier molecular flexibility index (Phi) is 6.18. The van der Waals surface area contributed by atoms with Crippen LogP contribution in [0.15, 0.2) is 24.3 Å². The minimum absolute atomic E-state index is 0.128. The Morgan fingerprint density at radius 1 is 0.938 bits per heavy atom. The summed E-state index contributed by atoms with van der Waals surface area (Å²) in [5, 5.41) is 11.2. The van der Waals surface area contributed by atoms with E-state index in [1.54, 1.807) is 19.2 Å². The molecule has 3 atom stereocenters. The van der Waals surface area contributed by atoms with Crippen LogP contribution in [0.1, 0.15) is 17.2 Å². The lowest BCUT2D eigenvalue weighted by Gasteiger charge is -2.23. The zero-order valence-corrected chi connectivity index (χ0v) is 18.4. The van der Waals surface area contributed by atoms with E-state index >= 15 is 0 Å². The molecule has 2 heterocycles. The van der Waals surface area contributed by atoms with Crippen molar-refractivity contribution in [2.45, 2.75) is 12.5 Å². The van der Waals surface area contributed by atoms with Gasteiger partial charge < -0.3 is 38.3 Å². The second-order valence-corrected chi connectivity index (χ2v) is 7.56. The lowest BCUT2D eigenvalue weighted by Crippen LogP contribution is -2.25. The number of hydrogen-bond donors (Lipinski definition) is 1. The van der Waals surface area contributed by atoms with E-state index in [0.29, 0.717) is 46.5 Å². The second-order valence-electron chi connectivity index (χ2n) is 7.56. The van der Waals surface area contributed by atoms with Gasteiger partial charge in [0.15, 0.2) is 23.0 Å². The van der Waals surface area contributed by atoms with E-state index in [1.807, 2.05) is 12.1 Å². The van der Waals surface area contributed by atoms with Gasteiger partial charge in [-0.3, -0.25) is 4.79 Å². The smallest absolute Gasteiger partial charge is 0.312 e. The summed E-state index contributed by atoms with van der Waals surface area (Å²) in [5.74, 6) is 1.41. The molecule has 0 radical (unpaired) electrons. The van der Waals surface area contributed by atoms with E-state index in [2.05, 4.69) is 0 Å². The molecule has 1 fully saturated rings. The number of methoxy groups -OCH3 is 4. The summed E-state index contributed by atoms with van der Waals surface area (Å²) in [4.78, 5) is 12.6. The van der Waals surface area contributed by atoms with Gasteiger partial charge in [-0.05, 0) is 41.8 Å². The SMILES string of the molecule is COc1cc(C(O)C2C(=O)OCC2Cc2cc(OC)c3c(c2)OCO3)cc(OC)c1OC. The van der Waals surface area contributed by atoms with Gasteiger partial charge in [0.2, 0.25) is 18.3 Å². The van der Waals surface area contributed by atoms with Crippen LogP contribution in [0.25, 0.3) is 0 Å². The normalized spacial score (nSPS) is 20.0. The summed E-state index contributed by atoms with van der Waals surface area (Å²) < 4.78 is 37.8. The summed E-state index contributed by atoms with van der Waals surface area (Å²) >= 11 is 0. The van der Waals surface area contributed by atoms with Gasteiger partial charge in [-0.15, -0.1) is 0 Å². The van der Waals surface area contributed by atoms with Crippen molar-refractivity contribution in [1.29, 1.82) is 0 Å². The summed E-state index contributed by atoms with van der Waals surface area (Å²) in [6.45, 7) is 0.324. The number of carbonyl (C=O) groups is 1. The lowest BCUT2D eigenvalue weighted by atomic mass is 9.82. The van der Waals surface area contributed by atoms with Gasteiger partial charge in [-0.25, -0.2) is 0 Å². The average Bonchev–Trinajstić information content (AvgIpc) is 3.43. The van der Waals surface area contributed by atoms with Crippen LogP contribution in [0.4, 0.5) is 0 Å². The first-order valence-electron chi connectivity index (χ1n) is 10.1. The van der Waals surface area contributed by atoms with Crippen LogP contribution in [-0.2, 0) is 16.0 Å². The van der Waals surface area contributed by atoms with Crippen molar-refractivity contribution in [3.8, 4) is 34.5 Å². The van der Waals surface area contributed by atoms with E-state index in [1.165, 1.54) is 21.3 Å². The first kappa shape index (κ1) is 21.9. The summed E-state index contributed by atoms with van der Waals surface area (Å²) in [7, 11) is 6.04. The Hall–Kier alpha value is -3.33. The Morgan fingerprint density at radius 3 is 2.25 bits per heavy atom. The van der Waals surface area contributed by atoms with Crippen molar-refractivity contribution in [3.63, 3.8) is 0 Å². The molecule has 0 aliphatic carbocycles. The monoisotopic (exact) mass is 446 g/mol. The molecule has 0 saturated carbocycles. The fraction of sp³-hybridized carbons (Fsp3) is 0.435. The number of fused-ring (bicyclic) bond motifs is 1. The molecular formula is C23H26O9. The van der Waals surface area contributed by atoms with Gasteiger partial charge in [-0.1, -0.05) is 0 Å². The largest absolute Gasteiger partial charge is 0.493 e. The molecule has 2 aromatic rings. The van der Waals surface area contributed by atoms with Crippen molar-refractivity contribution >= 4 is 5.97 Å². The van der Waals surface area contributed by atoms with E-state index in [-0.39, 0.29) is 19.3 Å². The Bertz CT molecular complexity index is 978. The molecule has 0 bridgehead atoms. The van der Waals surface area contributed by atoms with E-state index in [4.69, 9.17) is 33.2 Å². The highest BCUT2D eigenvalue weighted by Crippen LogP contribution is 2.45. The standard InChI is InChI=1S/C23H26O9/c1-26-15-6-12(7-18-22(15)32-11-31-18)5-14-10-30-23(25)19(14)20(24)13-8-16(27-2)21(29-4)17(9-13)28-3/h6-9,14,19-20,24H,5,10-11H2,1-4H3. The molecule has 0 amide bonds. The molecule has 172 valence electrons. The van der Waals surface area contributed by atoms with Gasteiger partial charge in [0, 0.05) is 5.92 Å². The molecule has 9 nitrogen and oxygen atoms in total. The predicted molar refractivity (Wildman–Crippen MR) is 112 cm³/mol. The molecule has 32 heavy (non-hydrogen) atoms. The highest BCUT2D eigenvalue weighted by atomic mass is 16.7. The fourth-order valence-electron chi connectivity index (χ4n) is 4.24. The van der Waals surface area contributed by atoms with Crippen LogP contribution >= 0.6 is 0 Å². The quantitative estimate of drug-likeness (QED) is 0.613. The van der Waals surface area contributed by atoms with Crippen LogP contribution in [0, 0.1) is 11.8 Å². The Balaban J connectivity index is 1.62. The highest BCUT2D eigenvalue weighted by Gasteiger charge is 2.43. The number of aliphatic hydroxyl groups excluding tert-OH is 1. The Morgan fingerprint density at radius 2 is 1.62 bits per heavy atom. The minimum atomic E-state index is -1.13. The number of hydrogen-bond acceptors (Lipinski definition) is 9. The number of esters is 1. The number of carbonyl (C=O) groups excluding carboxylic acids is 1. The van der Waals surface area contributed by atoms with Crippen LogP contribution in [0.2, 0.25) is 0 Å². The van der Waals surface area contributed by atoms with Crippen LogP contribution in [0.5, 0.6) is 34.5 Å². The van der Waals surface area contributed by atoms with E-state index in [0.717, 1.165) is 5.56 Å². The third-order valence-electron chi connectivity index (χ3n) is 5.80. The molecule has 3 unspecified atom stereocenters. The number of benzene rings is 2. The molecule has 9 heteroatoms. The van der Waals surface area contributed by atoms with Crippen LogP contribution in [-0.4, -0.2) is 52.9 Å². The maximum Gasteiger partial charge on any atom is 0.312 e. The fourth-order valence-corrected chi connectivity index (χ4v) is 4.24. The first-order valence-corrected chi connectivity index (χ1v) is 10.1. The number of aliphatic hydroxyl groups is 1. The van der Waals surface area contributed by atoms with Gasteiger partial charge >= 0.3 is 5.97 Å². The van der Waals surface area contributed by atoms with Crippen molar-refractivity contribution in [2.75, 3.05) is 41.8 Å². The number of ether oxygens (including phenoxy) is 7. The number of cyclic esters (lactones) is 1. The zero-order chi connectivity index (χ0) is 22.8. The zero-order valence-electron chi connectivity index (χ0n) is 18.4. The van der Waals surface area contributed by atoms with Crippen molar-refractivity contribution in [2.24, 2.45) is 11.8 Å². The maximum absolute atomic E-state index is 12.6. The van der Waals surface area contributed by atoms with Crippen LogP contribution < -0.4 is 28.4 Å². The van der Waals surface area contributed by atoms with Gasteiger partial charge in [0.1, 0.15) is 0 Å². The lowest BCUT2D eigenvalue weighted by molar-refractivity contribution is -0.144. The van der Waals surface area contributed by atoms with Gasteiger partial charge in [0.25, 0.3) is 0 Å². The maximum atomic E-state index is 12.6. The summed E-state index contributed by atoms with van der Waals surface area (Å²) in [5.41, 5.74) is 1.35. The average molecular weight is 446 g/mol. The molecule has 2 aliphatic rings. The molecule has 2 aliphatic heterocycles. The van der Waals surface area contributed by atoms with Gasteiger partial charge in [0.05, 0.1) is 47.1 Å². The van der Waals surface area contributed by atoms with Crippen LogP contribution in [0.3, 0.4) is 0 Å². The van der Waals surface area contributed by atoms with E-state index < -0.39 is 18.0 Å². The molecule has 2 aromatic carbocycles. The van der Waals surface area contributed by atoms with Crippen molar-refractivity contribution < 1.29 is 43.1 Å². The number of rotatable bonds is 8. The van der Waals surface area contributed by atoms with Gasteiger partial charge in [-0.2, -0.15) is 0 Å². The molecule has 0 aromatic heterocycles. The molecule has 0 spiro atoms. The second kappa shape index (κ2) is 9.04. The highest BCUT2D eigenvalue weighted by molar-refractivity contribution is 5.76. The summed E-state index contributed by atoms with van der Waals surface area (Å²) in [6.07, 6.45) is -0.648. The minimum Gasteiger partial charge on any atom is -0.493 e. The summed E-state index contributed by atoms with van der Waals surface area (Å²) in [6, 6.07) is 6.98. The first-order chi connectivity index (χ1) is 15.5. The van der Waals surface area contributed by atoms with Crippen molar-refractivity contribution in [3.05, 3.63) is 35.4 Å². The predicted octanol–water partition coefficient (Wildman–Crippen LogP) is 2.52. The molecular weight excluding hydrogens is 420 g/mol. The van der Waals surface area contributed by atoms with Crippen molar-refractivity contribution in [1.82, 2.24) is 0 Å². The topological polar surface area (TPSA) is 102 Å². The Labute approximate surface area is 185 Å². The van der Waals surface area contributed by atoms with E-state index in [9.17, 15) is 9.90 Å². The third-order valence-corrected chi connectivity index (χ3v) is 5.80. The third kappa shape index (κ3) is 3.84. The molecule has 1 N–H and O–H groups in total. The molecule has 4 rings (SSSR count).